The van der Waals surface area contributed by atoms with Gasteiger partial charge in [0.2, 0.25) is 0 Å². The van der Waals surface area contributed by atoms with Gasteiger partial charge in [-0.2, -0.15) is 0 Å². The highest BCUT2D eigenvalue weighted by atomic mass is 35.5. The van der Waals surface area contributed by atoms with Crippen LogP contribution in [0.4, 0.5) is 0 Å². The van der Waals surface area contributed by atoms with Gasteiger partial charge in [0.05, 0.1) is 0 Å². The molecule has 0 N–H and O–H groups in total. The van der Waals surface area contributed by atoms with Crippen LogP contribution in [0.2, 0.25) is 5.02 Å². The largest absolute Gasteiger partial charge is 0.456 e. The van der Waals surface area contributed by atoms with Crippen LogP contribution in [0.1, 0.15) is 0 Å². The molecule has 0 spiro atoms. The summed E-state index contributed by atoms with van der Waals surface area (Å²) in [4.78, 5) is 0. The summed E-state index contributed by atoms with van der Waals surface area (Å²) < 4.78 is 5.96. The fourth-order valence-corrected chi connectivity index (χ4v) is 2.88. The van der Waals surface area contributed by atoms with E-state index in [0.717, 1.165) is 38.1 Å². The summed E-state index contributed by atoms with van der Waals surface area (Å²) in [6, 6.07) is 22.2. The summed E-state index contributed by atoms with van der Waals surface area (Å²) in [7, 11) is 0. The SMILES string of the molecule is Clc1cccc2ccc3oc(-c4ccccc4)cc3c12. The normalized spacial score (nSPS) is 11.2. The summed E-state index contributed by atoms with van der Waals surface area (Å²) >= 11 is 6.35. The first kappa shape index (κ1) is 11.6. The molecule has 2 heteroatoms. The van der Waals surface area contributed by atoms with Crippen LogP contribution in [0.3, 0.4) is 0 Å². The Morgan fingerprint density at radius 3 is 2.50 bits per heavy atom. The molecule has 0 saturated heterocycles. The molecule has 0 unspecified atom stereocenters. The fraction of sp³-hybridized carbons (Fsp3) is 0. The molecule has 0 aliphatic carbocycles. The van der Waals surface area contributed by atoms with Gasteiger partial charge in [0.25, 0.3) is 0 Å². The van der Waals surface area contributed by atoms with Crippen LogP contribution in [0.5, 0.6) is 0 Å². The number of hydrogen-bond donors (Lipinski definition) is 0. The third-order valence-corrected chi connectivity index (χ3v) is 3.86. The molecular weight excluding hydrogens is 268 g/mol. The van der Waals surface area contributed by atoms with Gasteiger partial charge in [-0.25, -0.2) is 0 Å². The van der Waals surface area contributed by atoms with Gasteiger partial charge in [-0.3, -0.25) is 0 Å². The van der Waals surface area contributed by atoms with Crippen molar-refractivity contribution in [1.29, 1.82) is 0 Å². The Morgan fingerprint density at radius 1 is 0.800 bits per heavy atom. The van der Waals surface area contributed by atoms with Crippen LogP contribution < -0.4 is 0 Å². The zero-order valence-electron chi connectivity index (χ0n) is 10.6. The number of benzene rings is 3. The van der Waals surface area contributed by atoms with Gasteiger partial charge in [0, 0.05) is 21.4 Å². The molecule has 96 valence electrons. The summed E-state index contributed by atoms with van der Waals surface area (Å²) in [5.74, 6) is 0.869. The molecule has 0 fully saturated rings. The first-order chi connectivity index (χ1) is 9.83. The smallest absolute Gasteiger partial charge is 0.135 e. The Bertz CT molecular complexity index is 907. The molecule has 0 atom stereocenters. The van der Waals surface area contributed by atoms with E-state index in [9.17, 15) is 0 Å². The minimum atomic E-state index is 0.758. The average Bonchev–Trinajstić information content (AvgIpc) is 2.92. The second-order valence-electron chi connectivity index (χ2n) is 4.79. The summed E-state index contributed by atoms with van der Waals surface area (Å²) in [6.07, 6.45) is 0. The van der Waals surface area contributed by atoms with Gasteiger partial charge in [0.15, 0.2) is 0 Å². The molecule has 20 heavy (non-hydrogen) atoms. The van der Waals surface area contributed by atoms with Crippen LogP contribution in [-0.4, -0.2) is 0 Å². The number of halogens is 1. The molecule has 0 aliphatic heterocycles. The van der Waals surface area contributed by atoms with Gasteiger partial charge in [-0.15, -0.1) is 0 Å². The van der Waals surface area contributed by atoms with E-state index < -0.39 is 0 Å². The molecule has 0 bridgehead atoms. The quantitative estimate of drug-likeness (QED) is 0.422. The number of furan rings is 1. The average molecular weight is 279 g/mol. The minimum absolute atomic E-state index is 0.758. The van der Waals surface area contributed by atoms with Crippen molar-refractivity contribution in [3.8, 4) is 11.3 Å². The minimum Gasteiger partial charge on any atom is -0.456 e. The lowest BCUT2D eigenvalue weighted by Crippen LogP contribution is -1.74. The lowest BCUT2D eigenvalue weighted by Gasteiger charge is -2.00. The van der Waals surface area contributed by atoms with Gasteiger partial charge in [0.1, 0.15) is 11.3 Å². The first-order valence-corrected chi connectivity index (χ1v) is 6.87. The molecule has 3 aromatic carbocycles. The number of fused-ring (bicyclic) bond motifs is 3. The Labute approximate surface area is 121 Å². The number of rotatable bonds is 1. The van der Waals surface area contributed by atoms with E-state index in [2.05, 4.69) is 12.1 Å². The predicted molar refractivity (Wildman–Crippen MR) is 84.2 cm³/mol. The lowest BCUT2D eigenvalue weighted by atomic mass is 10.1. The maximum Gasteiger partial charge on any atom is 0.135 e. The molecule has 0 radical (unpaired) electrons. The second kappa shape index (κ2) is 4.39. The third-order valence-electron chi connectivity index (χ3n) is 3.55. The Hall–Kier alpha value is -2.25. The Kier molecular flexibility index (Phi) is 2.54. The molecule has 1 heterocycles. The van der Waals surface area contributed by atoms with Gasteiger partial charge >= 0.3 is 0 Å². The van der Waals surface area contributed by atoms with E-state index in [1.807, 2.05) is 54.6 Å². The van der Waals surface area contributed by atoms with Gasteiger partial charge in [-0.05, 0) is 23.6 Å². The molecule has 0 aliphatic rings. The van der Waals surface area contributed by atoms with E-state index in [1.54, 1.807) is 0 Å². The zero-order valence-corrected chi connectivity index (χ0v) is 11.4. The van der Waals surface area contributed by atoms with Crippen LogP contribution >= 0.6 is 11.6 Å². The Morgan fingerprint density at radius 2 is 1.65 bits per heavy atom. The highest BCUT2D eigenvalue weighted by Crippen LogP contribution is 2.35. The maximum atomic E-state index is 6.35. The summed E-state index contributed by atoms with van der Waals surface area (Å²) in [5, 5.41) is 4.00. The van der Waals surface area contributed by atoms with E-state index in [0.29, 0.717) is 0 Å². The highest BCUT2D eigenvalue weighted by molar-refractivity contribution is 6.37. The lowest BCUT2D eigenvalue weighted by molar-refractivity contribution is 0.632. The first-order valence-electron chi connectivity index (χ1n) is 6.49. The van der Waals surface area contributed by atoms with Gasteiger partial charge in [-0.1, -0.05) is 60.1 Å². The van der Waals surface area contributed by atoms with E-state index in [4.69, 9.17) is 16.0 Å². The molecule has 0 saturated carbocycles. The maximum absolute atomic E-state index is 6.35. The monoisotopic (exact) mass is 278 g/mol. The standard InChI is InChI=1S/C18H11ClO/c19-15-8-4-7-13-9-10-16-14(18(13)15)11-17(20-16)12-5-2-1-3-6-12/h1-11H. The zero-order chi connectivity index (χ0) is 13.5. The molecule has 1 aromatic heterocycles. The molecule has 4 aromatic rings. The Balaban J connectivity index is 2.07. The molecule has 4 rings (SSSR count). The van der Waals surface area contributed by atoms with E-state index in [1.165, 1.54) is 0 Å². The van der Waals surface area contributed by atoms with Crippen LogP contribution in [-0.2, 0) is 0 Å². The topological polar surface area (TPSA) is 13.1 Å². The summed E-state index contributed by atoms with van der Waals surface area (Å²) in [5.41, 5.74) is 1.94. The molecular formula is C18H11ClO. The highest BCUT2D eigenvalue weighted by Gasteiger charge is 2.10. The van der Waals surface area contributed by atoms with E-state index >= 15 is 0 Å². The third kappa shape index (κ3) is 1.71. The number of hydrogen-bond acceptors (Lipinski definition) is 1. The van der Waals surface area contributed by atoms with Crippen LogP contribution in [0, 0.1) is 0 Å². The van der Waals surface area contributed by atoms with Crippen LogP contribution in [0.15, 0.2) is 71.1 Å². The van der Waals surface area contributed by atoms with Gasteiger partial charge < -0.3 is 4.42 Å². The predicted octanol–water partition coefficient (Wildman–Crippen LogP) is 5.91. The molecule has 0 amide bonds. The van der Waals surface area contributed by atoms with Crippen molar-refractivity contribution in [2.75, 3.05) is 0 Å². The van der Waals surface area contributed by atoms with Crippen molar-refractivity contribution >= 4 is 33.3 Å². The van der Waals surface area contributed by atoms with Crippen LogP contribution in [0.25, 0.3) is 33.1 Å². The van der Waals surface area contributed by atoms with Crippen molar-refractivity contribution in [3.63, 3.8) is 0 Å². The summed E-state index contributed by atoms with van der Waals surface area (Å²) in [6.45, 7) is 0. The molecule has 1 nitrogen and oxygen atoms in total. The van der Waals surface area contributed by atoms with Crippen molar-refractivity contribution in [2.45, 2.75) is 0 Å². The van der Waals surface area contributed by atoms with Crippen molar-refractivity contribution in [3.05, 3.63) is 71.8 Å². The second-order valence-corrected chi connectivity index (χ2v) is 5.20. The van der Waals surface area contributed by atoms with Crippen molar-refractivity contribution in [1.82, 2.24) is 0 Å². The van der Waals surface area contributed by atoms with Crippen molar-refractivity contribution < 1.29 is 4.42 Å². The van der Waals surface area contributed by atoms with Crippen molar-refractivity contribution in [2.24, 2.45) is 0 Å². The fourth-order valence-electron chi connectivity index (χ4n) is 2.60. The van der Waals surface area contributed by atoms with E-state index in [-0.39, 0.29) is 0 Å².